The molecule has 0 unspecified atom stereocenters. The zero-order valence-electron chi connectivity index (χ0n) is 16.1. The maximum Gasteiger partial charge on any atom is 0.274 e. The van der Waals surface area contributed by atoms with E-state index in [9.17, 15) is 4.79 Å². The highest BCUT2D eigenvalue weighted by molar-refractivity contribution is 6.30. The van der Waals surface area contributed by atoms with Crippen LogP contribution in [0.3, 0.4) is 0 Å². The van der Waals surface area contributed by atoms with Crippen molar-refractivity contribution >= 4 is 17.5 Å². The van der Waals surface area contributed by atoms with Crippen molar-refractivity contribution < 1.29 is 4.79 Å². The summed E-state index contributed by atoms with van der Waals surface area (Å²) in [5.74, 6) is 0.641. The summed E-state index contributed by atoms with van der Waals surface area (Å²) in [6.45, 7) is 1.42. The second kappa shape index (κ2) is 8.18. The average molecular weight is 399 g/mol. The molecule has 1 aromatic heterocycles. The van der Waals surface area contributed by atoms with Crippen molar-refractivity contribution in [2.24, 2.45) is 11.7 Å². The molecular formula is C22H27ClN4O. The SMILES string of the molecule is NCC1(c2cccc(Cl)c2)CCC(N(CC2CC2)C(=O)c2cccnn2)CC1. The van der Waals surface area contributed by atoms with Gasteiger partial charge in [-0.3, -0.25) is 4.79 Å². The summed E-state index contributed by atoms with van der Waals surface area (Å²) in [6, 6.07) is 11.8. The van der Waals surface area contributed by atoms with E-state index in [0.717, 1.165) is 37.3 Å². The molecule has 2 aromatic rings. The summed E-state index contributed by atoms with van der Waals surface area (Å²) in [5.41, 5.74) is 7.84. The molecule has 0 saturated heterocycles. The van der Waals surface area contributed by atoms with E-state index in [-0.39, 0.29) is 17.4 Å². The molecule has 2 aliphatic rings. The molecule has 148 valence electrons. The summed E-state index contributed by atoms with van der Waals surface area (Å²) in [5, 5.41) is 8.68. The van der Waals surface area contributed by atoms with E-state index in [4.69, 9.17) is 17.3 Å². The lowest BCUT2D eigenvalue weighted by Crippen LogP contribution is -2.48. The second-order valence-electron chi connectivity index (χ2n) is 8.24. The zero-order chi connectivity index (χ0) is 19.6. The Bertz CT molecular complexity index is 816. The van der Waals surface area contributed by atoms with Gasteiger partial charge in [-0.15, -0.1) is 5.10 Å². The Morgan fingerprint density at radius 2 is 1.96 bits per heavy atom. The summed E-state index contributed by atoms with van der Waals surface area (Å²) in [4.78, 5) is 15.2. The predicted molar refractivity (Wildman–Crippen MR) is 110 cm³/mol. The molecular weight excluding hydrogens is 372 g/mol. The maximum atomic E-state index is 13.1. The Morgan fingerprint density at radius 3 is 2.57 bits per heavy atom. The van der Waals surface area contributed by atoms with Gasteiger partial charge in [0.15, 0.2) is 5.69 Å². The fourth-order valence-corrected chi connectivity index (χ4v) is 4.63. The Labute approximate surface area is 171 Å². The van der Waals surface area contributed by atoms with Crippen molar-refractivity contribution in [3.63, 3.8) is 0 Å². The highest BCUT2D eigenvalue weighted by atomic mass is 35.5. The molecule has 0 bridgehead atoms. The standard InChI is InChI=1S/C22H27ClN4O/c23-18-4-1-3-17(13-18)22(15-24)10-8-19(9-11-22)27(14-16-6-7-16)21(28)20-5-2-12-25-26-20/h1-5,12-13,16,19H,6-11,14-15,24H2. The van der Waals surface area contributed by atoms with Gasteiger partial charge in [0.1, 0.15) is 0 Å². The summed E-state index contributed by atoms with van der Waals surface area (Å²) >= 11 is 6.23. The molecule has 6 heteroatoms. The molecule has 4 rings (SSSR count). The predicted octanol–water partition coefficient (Wildman–Crippen LogP) is 3.82. The number of nitrogens with zero attached hydrogens (tertiary/aromatic N) is 3. The normalized spacial score (nSPS) is 24.7. The molecule has 0 aliphatic heterocycles. The second-order valence-corrected chi connectivity index (χ2v) is 8.67. The van der Waals surface area contributed by atoms with Crippen LogP contribution in [0.25, 0.3) is 0 Å². The third-order valence-corrected chi connectivity index (χ3v) is 6.62. The molecule has 28 heavy (non-hydrogen) atoms. The highest BCUT2D eigenvalue weighted by Crippen LogP contribution is 2.42. The molecule has 2 aliphatic carbocycles. The summed E-state index contributed by atoms with van der Waals surface area (Å²) in [7, 11) is 0. The third-order valence-electron chi connectivity index (χ3n) is 6.38. The first-order valence-electron chi connectivity index (χ1n) is 10.2. The van der Waals surface area contributed by atoms with Crippen molar-refractivity contribution in [3.05, 3.63) is 58.9 Å². The van der Waals surface area contributed by atoms with Crippen LogP contribution >= 0.6 is 11.6 Å². The summed E-state index contributed by atoms with van der Waals surface area (Å²) < 4.78 is 0. The van der Waals surface area contributed by atoms with Gasteiger partial charge in [0.25, 0.3) is 5.91 Å². The van der Waals surface area contributed by atoms with E-state index in [1.807, 2.05) is 18.2 Å². The van der Waals surface area contributed by atoms with E-state index in [0.29, 0.717) is 18.2 Å². The highest BCUT2D eigenvalue weighted by Gasteiger charge is 2.40. The fourth-order valence-electron chi connectivity index (χ4n) is 4.43. The number of benzene rings is 1. The van der Waals surface area contributed by atoms with Crippen molar-refractivity contribution in [2.45, 2.75) is 50.0 Å². The lowest BCUT2D eigenvalue weighted by Gasteiger charge is -2.43. The number of aromatic nitrogens is 2. The molecule has 0 spiro atoms. The van der Waals surface area contributed by atoms with E-state index >= 15 is 0 Å². The van der Waals surface area contributed by atoms with Crippen LogP contribution in [-0.2, 0) is 5.41 Å². The Hall–Kier alpha value is -1.98. The number of carbonyl (C=O) groups excluding carboxylic acids is 1. The third kappa shape index (κ3) is 4.06. The van der Waals surface area contributed by atoms with E-state index < -0.39 is 0 Å². The minimum Gasteiger partial charge on any atom is -0.334 e. The van der Waals surface area contributed by atoms with Crippen molar-refractivity contribution in [1.29, 1.82) is 0 Å². The van der Waals surface area contributed by atoms with Crippen LogP contribution in [0.5, 0.6) is 0 Å². The number of amides is 1. The molecule has 0 atom stereocenters. The molecule has 1 amide bonds. The molecule has 1 heterocycles. The van der Waals surface area contributed by atoms with Gasteiger partial charge in [-0.1, -0.05) is 23.7 Å². The number of halogens is 1. The molecule has 2 saturated carbocycles. The topological polar surface area (TPSA) is 72.1 Å². The minimum absolute atomic E-state index is 0.00741. The van der Waals surface area contributed by atoms with Crippen LogP contribution < -0.4 is 5.73 Å². The average Bonchev–Trinajstić information content (AvgIpc) is 3.57. The number of nitrogens with two attached hydrogens (primary N) is 1. The first kappa shape index (κ1) is 19.3. The van der Waals surface area contributed by atoms with Gasteiger partial charge in [-0.2, -0.15) is 5.10 Å². The van der Waals surface area contributed by atoms with Crippen molar-refractivity contribution in [3.8, 4) is 0 Å². The molecule has 2 N–H and O–H groups in total. The molecule has 2 fully saturated rings. The Balaban J connectivity index is 1.51. The summed E-state index contributed by atoms with van der Waals surface area (Å²) in [6.07, 6.45) is 7.85. The minimum atomic E-state index is -0.0533. The number of rotatable bonds is 6. The van der Waals surface area contributed by atoms with E-state index in [2.05, 4.69) is 21.2 Å². The largest absolute Gasteiger partial charge is 0.334 e. The van der Waals surface area contributed by atoms with Gasteiger partial charge < -0.3 is 10.6 Å². The van der Waals surface area contributed by atoms with E-state index in [1.165, 1.54) is 18.4 Å². The van der Waals surface area contributed by atoms with Gasteiger partial charge >= 0.3 is 0 Å². The smallest absolute Gasteiger partial charge is 0.274 e. The van der Waals surface area contributed by atoms with Crippen LogP contribution in [0, 0.1) is 5.92 Å². The molecule has 5 nitrogen and oxygen atoms in total. The van der Waals surface area contributed by atoms with Crippen LogP contribution in [-0.4, -0.2) is 40.1 Å². The van der Waals surface area contributed by atoms with Gasteiger partial charge in [0.2, 0.25) is 0 Å². The van der Waals surface area contributed by atoms with Gasteiger partial charge in [-0.25, -0.2) is 0 Å². The number of hydrogen-bond acceptors (Lipinski definition) is 4. The maximum absolute atomic E-state index is 13.1. The number of hydrogen-bond donors (Lipinski definition) is 1. The Kier molecular flexibility index (Phi) is 5.65. The molecule has 1 aromatic carbocycles. The van der Waals surface area contributed by atoms with Crippen LogP contribution in [0.15, 0.2) is 42.6 Å². The van der Waals surface area contributed by atoms with Gasteiger partial charge in [0.05, 0.1) is 0 Å². The monoisotopic (exact) mass is 398 g/mol. The first-order valence-corrected chi connectivity index (χ1v) is 10.5. The lowest BCUT2D eigenvalue weighted by atomic mass is 9.68. The van der Waals surface area contributed by atoms with Gasteiger partial charge in [0, 0.05) is 35.8 Å². The Morgan fingerprint density at radius 1 is 1.18 bits per heavy atom. The van der Waals surface area contributed by atoms with E-state index in [1.54, 1.807) is 18.3 Å². The van der Waals surface area contributed by atoms with Crippen molar-refractivity contribution in [1.82, 2.24) is 15.1 Å². The van der Waals surface area contributed by atoms with Crippen LogP contribution in [0.2, 0.25) is 5.02 Å². The number of carbonyl (C=O) groups is 1. The quantitative estimate of drug-likeness (QED) is 0.802. The zero-order valence-corrected chi connectivity index (χ0v) is 16.8. The van der Waals surface area contributed by atoms with Gasteiger partial charge in [-0.05, 0) is 74.3 Å². The van der Waals surface area contributed by atoms with Crippen LogP contribution in [0.4, 0.5) is 0 Å². The molecule has 0 radical (unpaired) electrons. The fraction of sp³-hybridized carbons (Fsp3) is 0.500. The lowest BCUT2D eigenvalue weighted by molar-refractivity contribution is 0.0574. The van der Waals surface area contributed by atoms with Crippen LogP contribution in [0.1, 0.15) is 54.6 Å². The van der Waals surface area contributed by atoms with Crippen molar-refractivity contribution in [2.75, 3.05) is 13.1 Å². The first-order chi connectivity index (χ1) is 13.6.